The van der Waals surface area contributed by atoms with E-state index in [0.717, 1.165) is 50.4 Å². The molecule has 1 saturated heterocycles. The van der Waals surface area contributed by atoms with E-state index in [2.05, 4.69) is 36.1 Å². The van der Waals surface area contributed by atoms with Crippen molar-refractivity contribution in [1.82, 2.24) is 10.2 Å². The zero-order valence-electron chi connectivity index (χ0n) is 13.5. The van der Waals surface area contributed by atoms with Crippen LogP contribution in [0.2, 0.25) is 0 Å². The number of nitrogens with zero attached hydrogens (tertiary/aromatic N) is 2. The third-order valence-corrected chi connectivity index (χ3v) is 4.07. The van der Waals surface area contributed by atoms with Gasteiger partial charge in [0.1, 0.15) is 5.82 Å². The second kappa shape index (κ2) is 7.76. The summed E-state index contributed by atoms with van der Waals surface area (Å²) in [6.07, 6.45) is 2.41. The number of nitrogens with one attached hydrogen (secondary N) is 1. The molecule has 0 saturated carbocycles. The fourth-order valence-electron chi connectivity index (χ4n) is 2.85. The maximum Gasteiger partial charge on any atom is 0.146 e. The molecule has 1 heterocycles. The first kappa shape index (κ1) is 16.2. The Hall–Kier alpha value is -1.13. The molecule has 1 N–H and O–H groups in total. The van der Waals surface area contributed by atoms with Gasteiger partial charge in [-0.2, -0.15) is 0 Å². The number of hydrogen-bond donors (Lipinski definition) is 1. The van der Waals surface area contributed by atoms with E-state index in [4.69, 9.17) is 0 Å². The molecule has 2 rings (SSSR count). The van der Waals surface area contributed by atoms with Crippen molar-refractivity contribution in [2.45, 2.75) is 26.3 Å². The molecule has 1 unspecified atom stereocenters. The predicted octanol–water partition coefficient (Wildman–Crippen LogP) is 2.71. The van der Waals surface area contributed by atoms with Crippen molar-refractivity contribution < 1.29 is 4.39 Å². The Labute approximate surface area is 128 Å². The van der Waals surface area contributed by atoms with Crippen molar-refractivity contribution in [3.05, 3.63) is 29.6 Å². The molecule has 1 aromatic rings. The Morgan fingerprint density at radius 1 is 1.38 bits per heavy atom. The fourth-order valence-corrected chi connectivity index (χ4v) is 2.85. The van der Waals surface area contributed by atoms with Gasteiger partial charge in [0.15, 0.2) is 0 Å². The van der Waals surface area contributed by atoms with Gasteiger partial charge in [-0.1, -0.05) is 13.0 Å². The van der Waals surface area contributed by atoms with Crippen LogP contribution in [0.15, 0.2) is 18.2 Å². The second-order valence-corrected chi connectivity index (χ2v) is 6.46. The highest BCUT2D eigenvalue weighted by molar-refractivity contribution is 5.50. The van der Waals surface area contributed by atoms with Crippen LogP contribution in [0, 0.1) is 11.7 Å². The summed E-state index contributed by atoms with van der Waals surface area (Å²) in [6, 6.07) is 5.50. The SMILES string of the molecule is CC1CCCN(c2cc(CNCCN(C)C)ccc2F)C1. The van der Waals surface area contributed by atoms with Gasteiger partial charge in [0, 0.05) is 32.7 Å². The van der Waals surface area contributed by atoms with Crippen molar-refractivity contribution in [3.8, 4) is 0 Å². The molecule has 0 radical (unpaired) electrons. The molecule has 0 spiro atoms. The molecule has 3 nitrogen and oxygen atoms in total. The van der Waals surface area contributed by atoms with E-state index < -0.39 is 0 Å². The topological polar surface area (TPSA) is 18.5 Å². The number of likely N-dealkylation sites (N-methyl/N-ethyl adjacent to an activating group) is 1. The fraction of sp³-hybridized carbons (Fsp3) is 0.647. The number of hydrogen-bond acceptors (Lipinski definition) is 3. The lowest BCUT2D eigenvalue weighted by molar-refractivity contribution is 0.400. The van der Waals surface area contributed by atoms with Gasteiger partial charge < -0.3 is 15.1 Å². The first-order chi connectivity index (χ1) is 10.1. The summed E-state index contributed by atoms with van der Waals surface area (Å²) in [5.74, 6) is 0.557. The van der Waals surface area contributed by atoms with Crippen LogP contribution in [0.4, 0.5) is 10.1 Å². The van der Waals surface area contributed by atoms with E-state index in [1.165, 1.54) is 6.42 Å². The lowest BCUT2D eigenvalue weighted by Gasteiger charge is -2.33. The number of benzene rings is 1. The lowest BCUT2D eigenvalue weighted by Crippen LogP contribution is -2.35. The normalized spacial score (nSPS) is 19.3. The highest BCUT2D eigenvalue weighted by atomic mass is 19.1. The summed E-state index contributed by atoms with van der Waals surface area (Å²) in [5.41, 5.74) is 1.93. The maximum absolute atomic E-state index is 14.1. The summed E-state index contributed by atoms with van der Waals surface area (Å²) < 4.78 is 14.1. The predicted molar refractivity (Wildman–Crippen MR) is 87.3 cm³/mol. The average molecular weight is 293 g/mol. The van der Waals surface area contributed by atoms with Crippen LogP contribution < -0.4 is 10.2 Å². The quantitative estimate of drug-likeness (QED) is 0.814. The third-order valence-electron chi connectivity index (χ3n) is 4.07. The number of rotatable bonds is 6. The molecule has 1 atom stereocenters. The highest BCUT2D eigenvalue weighted by Gasteiger charge is 2.19. The zero-order valence-corrected chi connectivity index (χ0v) is 13.5. The number of piperidine rings is 1. The highest BCUT2D eigenvalue weighted by Crippen LogP contribution is 2.26. The number of halogens is 1. The van der Waals surface area contributed by atoms with Gasteiger partial charge in [0.05, 0.1) is 5.69 Å². The Morgan fingerprint density at radius 3 is 2.90 bits per heavy atom. The molecule has 0 aliphatic carbocycles. The van der Waals surface area contributed by atoms with E-state index in [1.807, 2.05) is 12.1 Å². The van der Waals surface area contributed by atoms with Crippen LogP contribution in [0.5, 0.6) is 0 Å². The van der Waals surface area contributed by atoms with Crippen LogP contribution in [-0.4, -0.2) is 45.2 Å². The maximum atomic E-state index is 14.1. The molecule has 1 fully saturated rings. The van der Waals surface area contributed by atoms with E-state index in [9.17, 15) is 4.39 Å². The minimum Gasteiger partial charge on any atom is -0.369 e. The molecule has 1 aliphatic rings. The van der Waals surface area contributed by atoms with Gasteiger partial charge in [0.25, 0.3) is 0 Å². The van der Waals surface area contributed by atoms with E-state index >= 15 is 0 Å². The standard InChI is InChI=1S/C17H28FN3/c1-14-5-4-9-21(13-14)17-11-15(6-7-16(17)18)12-19-8-10-20(2)3/h6-7,11,14,19H,4-5,8-10,12-13H2,1-3H3. The van der Waals surface area contributed by atoms with Crippen LogP contribution in [0.1, 0.15) is 25.3 Å². The van der Waals surface area contributed by atoms with Gasteiger partial charge in [-0.05, 0) is 50.6 Å². The molecule has 0 aromatic heterocycles. The van der Waals surface area contributed by atoms with E-state index in [1.54, 1.807) is 6.07 Å². The van der Waals surface area contributed by atoms with Crippen LogP contribution >= 0.6 is 0 Å². The van der Waals surface area contributed by atoms with Crippen molar-refractivity contribution in [3.63, 3.8) is 0 Å². The number of anilines is 1. The smallest absolute Gasteiger partial charge is 0.146 e. The molecule has 1 aliphatic heterocycles. The molecule has 0 amide bonds. The molecule has 0 bridgehead atoms. The van der Waals surface area contributed by atoms with Crippen molar-refractivity contribution in [2.75, 3.05) is 45.2 Å². The Kier molecular flexibility index (Phi) is 6.00. The molecule has 4 heteroatoms. The Balaban J connectivity index is 1.96. The zero-order chi connectivity index (χ0) is 15.2. The third kappa shape index (κ3) is 4.97. The van der Waals surface area contributed by atoms with Crippen molar-refractivity contribution >= 4 is 5.69 Å². The monoisotopic (exact) mass is 293 g/mol. The summed E-state index contributed by atoms with van der Waals surface area (Å²) >= 11 is 0. The Bertz CT molecular complexity index is 448. The average Bonchev–Trinajstić information content (AvgIpc) is 2.45. The molecule has 21 heavy (non-hydrogen) atoms. The van der Waals surface area contributed by atoms with Gasteiger partial charge in [0.2, 0.25) is 0 Å². The first-order valence-corrected chi connectivity index (χ1v) is 7.95. The van der Waals surface area contributed by atoms with Gasteiger partial charge >= 0.3 is 0 Å². The largest absolute Gasteiger partial charge is 0.369 e. The molecular weight excluding hydrogens is 265 g/mol. The van der Waals surface area contributed by atoms with E-state index in [0.29, 0.717) is 5.92 Å². The summed E-state index contributed by atoms with van der Waals surface area (Å²) in [4.78, 5) is 4.35. The van der Waals surface area contributed by atoms with Gasteiger partial charge in [-0.15, -0.1) is 0 Å². The molecular formula is C17H28FN3. The summed E-state index contributed by atoms with van der Waals surface area (Å²) in [5, 5.41) is 3.41. The second-order valence-electron chi connectivity index (χ2n) is 6.46. The van der Waals surface area contributed by atoms with Crippen LogP contribution in [-0.2, 0) is 6.54 Å². The summed E-state index contributed by atoms with van der Waals surface area (Å²) in [6.45, 7) is 6.94. The minimum atomic E-state index is -0.0962. The Morgan fingerprint density at radius 2 is 2.19 bits per heavy atom. The van der Waals surface area contributed by atoms with Gasteiger partial charge in [-0.3, -0.25) is 0 Å². The summed E-state index contributed by atoms with van der Waals surface area (Å²) in [7, 11) is 4.13. The van der Waals surface area contributed by atoms with E-state index in [-0.39, 0.29) is 5.82 Å². The van der Waals surface area contributed by atoms with Crippen LogP contribution in [0.25, 0.3) is 0 Å². The van der Waals surface area contributed by atoms with Crippen LogP contribution in [0.3, 0.4) is 0 Å². The minimum absolute atomic E-state index is 0.0962. The molecule has 118 valence electrons. The van der Waals surface area contributed by atoms with Gasteiger partial charge in [-0.25, -0.2) is 4.39 Å². The van der Waals surface area contributed by atoms with Crippen molar-refractivity contribution in [2.24, 2.45) is 5.92 Å². The first-order valence-electron chi connectivity index (χ1n) is 7.95. The lowest BCUT2D eigenvalue weighted by atomic mass is 9.99. The molecule has 1 aromatic carbocycles. The van der Waals surface area contributed by atoms with Crippen molar-refractivity contribution in [1.29, 1.82) is 0 Å².